The molecule has 0 unspecified atom stereocenters. The van der Waals surface area contributed by atoms with Crippen LogP contribution in [0.2, 0.25) is 10.0 Å². The number of carbonyl (C=O) groups is 2. The van der Waals surface area contributed by atoms with E-state index in [9.17, 15) is 19.2 Å². The minimum Gasteiger partial charge on any atom is -0.328 e. The lowest BCUT2D eigenvalue weighted by atomic mass is 9.63. The number of hydrogen-bond donors (Lipinski definition) is 2. The maximum Gasteiger partial charge on any atom is 0.321 e. The van der Waals surface area contributed by atoms with E-state index >= 15 is 0 Å². The second-order valence-corrected chi connectivity index (χ2v) is 10.8. The first-order chi connectivity index (χ1) is 19.7. The second kappa shape index (κ2) is 11.6. The van der Waals surface area contributed by atoms with Crippen molar-refractivity contribution in [3.05, 3.63) is 129 Å². The molecule has 0 spiro atoms. The van der Waals surface area contributed by atoms with Gasteiger partial charge in [0.2, 0.25) is 5.91 Å². The summed E-state index contributed by atoms with van der Waals surface area (Å²) in [6.07, 6.45) is 0.343. The van der Waals surface area contributed by atoms with E-state index in [-0.39, 0.29) is 18.5 Å². The first kappa shape index (κ1) is 28.2. The van der Waals surface area contributed by atoms with Crippen LogP contribution in [0, 0.1) is 17.1 Å². The summed E-state index contributed by atoms with van der Waals surface area (Å²) in [5.41, 5.74) is 2.09. The molecule has 9 heteroatoms. The quantitative estimate of drug-likeness (QED) is 0.234. The van der Waals surface area contributed by atoms with E-state index in [1.807, 2.05) is 12.1 Å². The minimum absolute atomic E-state index is 0.254. The number of hydrogen-bond acceptors (Lipinski definition) is 3. The number of fused-ring (bicyclic) bond motifs is 1. The molecule has 0 aliphatic carbocycles. The lowest BCUT2D eigenvalue weighted by molar-refractivity contribution is -0.120. The summed E-state index contributed by atoms with van der Waals surface area (Å²) in [7, 11) is 1.65. The molecule has 4 aromatic rings. The summed E-state index contributed by atoms with van der Waals surface area (Å²) < 4.78 is 14.7. The fraction of sp³-hybridized carbons (Fsp3) is 0.156. The molecule has 206 valence electrons. The number of amides is 3. The van der Waals surface area contributed by atoms with Gasteiger partial charge >= 0.3 is 6.03 Å². The van der Waals surface area contributed by atoms with Gasteiger partial charge in [-0.1, -0.05) is 59.6 Å². The van der Waals surface area contributed by atoms with E-state index in [1.165, 1.54) is 17.0 Å². The lowest BCUT2D eigenvalue weighted by Crippen LogP contribution is -2.43. The summed E-state index contributed by atoms with van der Waals surface area (Å²) in [6, 6.07) is 26.7. The Labute approximate surface area is 247 Å². The van der Waals surface area contributed by atoms with E-state index in [0.29, 0.717) is 44.5 Å². The van der Waals surface area contributed by atoms with E-state index < -0.39 is 17.2 Å². The summed E-state index contributed by atoms with van der Waals surface area (Å²) in [5, 5.41) is 16.0. The molecule has 41 heavy (non-hydrogen) atoms. The van der Waals surface area contributed by atoms with E-state index in [4.69, 9.17) is 23.2 Å². The fourth-order valence-corrected chi connectivity index (χ4v) is 5.81. The van der Waals surface area contributed by atoms with Crippen LogP contribution in [0.5, 0.6) is 0 Å². The van der Waals surface area contributed by atoms with Crippen molar-refractivity contribution in [1.82, 2.24) is 4.90 Å². The minimum atomic E-state index is -1.33. The highest BCUT2D eigenvalue weighted by atomic mass is 35.5. The fourth-order valence-electron chi connectivity index (χ4n) is 5.51. The molecular formula is C32H25Cl2FN4O2. The van der Waals surface area contributed by atoms with Gasteiger partial charge < -0.3 is 15.5 Å². The van der Waals surface area contributed by atoms with Crippen LogP contribution in [-0.2, 0) is 10.2 Å². The van der Waals surface area contributed by atoms with E-state index in [2.05, 4.69) is 16.7 Å². The molecule has 2 N–H and O–H groups in total. The Morgan fingerprint density at radius 3 is 2.49 bits per heavy atom. The van der Waals surface area contributed by atoms with Crippen molar-refractivity contribution >= 4 is 46.5 Å². The summed E-state index contributed by atoms with van der Waals surface area (Å²) in [4.78, 5) is 28.7. The highest BCUT2D eigenvalue weighted by molar-refractivity contribution is 6.31. The standard InChI is InChI=1S/C32H25Cl2FN4O2/c1-39(31(41)37-26-7-2-4-20(16-26)19-36)15-14-27(21-8-10-23(33)11-9-21)32(22-5-3-6-25(35)17-22)28-13-12-24(34)18-29(28)38-30(32)40/h2-13,16-18,27H,14-15H2,1H3,(H,37,41)(H,38,40)/t27-,32+/m1/s1. The molecule has 2 atom stereocenters. The Morgan fingerprint density at radius 2 is 1.76 bits per heavy atom. The molecule has 0 bridgehead atoms. The maximum absolute atomic E-state index is 14.7. The average molecular weight is 587 g/mol. The SMILES string of the molecule is CN(CC[C@H](c1ccc(Cl)cc1)[C@]1(c2cccc(F)c2)C(=O)Nc2cc(Cl)ccc21)C(=O)Nc1cccc(C#N)c1. The van der Waals surface area contributed by atoms with Crippen molar-refractivity contribution in [2.75, 3.05) is 24.2 Å². The van der Waals surface area contributed by atoms with Crippen LogP contribution < -0.4 is 10.6 Å². The van der Waals surface area contributed by atoms with Crippen LogP contribution in [0.15, 0.2) is 91.0 Å². The van der Waals surface area contributed by atoms with Crippen LogP contribution in [-0.4, -0.2) is 30.4 Å². The molecule has 5 rings (SSSR count). The van der Waals surface area contributed by atoms with Gasteiger partial charge in [-0.2, -0.15) is 5.26 Å². The van der Waals surface area contributed by atoms with Gasteiger partial charge in [0.05, 0.1) is 11.6 Å². The number of halogens is 3. The Morgan fingerprint density at radius 1 is 1.02 bits per heavy atom. The zero-order valence-corrected chi connectivity index (χ0v) is 23.5. The van der Waals surface area contributed by atoms with Crippen LogP contribution in [0.4, 0.5) is 20.6 Å². The van der Waals surface area contributed by atoms with Crippen molar-refractivity contribution < 1.29 is 14.0 Å². The molecule has 1 aliphatic heterocycles. The Bertz CT molecular complexity index is 1670. The molecule has 0 saturated heterocycles. The zero-order valence-electron chi connectivity index (χ0n) is 22.0. The summed E-state index contributed by atoms with van der Waals surface area (Å²) >= 11 is 12.5. The third kappa shape index (κ3) is 5.49. The number of rotatable bonds is 7. The normalized spacial score (nSPS) is 16.3. The van der Waals surface area contributed by atoms with Gasteiger partial charge in [-0.25, -0.2) is 9.18 Å². The largest absolute Gasteiger partial charge is 0.328 e. The van der Waals surface area contributed by atoms with Crippen molar-refractivity contribution in [1.29, 1.82) is 5.26 Å². The first-order valence-corrected chi connectivity index (χ1v) is 13.6. The van der Waals surface area contributed by atoms with Crippen LogP contribution >= 0.6 is 23.2 Å². The number of benzene rings is 4. The molecule has 1 aliphatic rings. The van der Waals surface area contributed by atoms with Crippen LogP contribution in [0.25, 0.3) is 0 Å². The summed E-state index contributed by atoms with van der Waals surface area (Å²) in [5.74, 6) is -1.31. The predicted octanol–water partition coefficient (Wildman–Crippen LogP) is 7.58. The van der Waals surface area contributed by atoms with Gasteiger partial charge in [-0.05, 0) is 77.7 Å². The van der Waals surface area contributed by atoms with Gasteiger partial charge in [0, 0.05) is 40.9 Å². The third-order valence-corrected chi connectivity index (χ3v) is 7.92. The number of urea groups is 1. The van der Waals surface area contributed by atoms with Gasteiger partial charge in [0.15, 0.2) is 0 Å². The smallest absolute Gasteiger partial charge is 0.321 e. The molecule has 0 fully saturated rings. The van der Waals surface area contributed by atoms with Crippen molar-refractivity contribution in [2.45, 2.75) is 17.8 Å². The van der Waals surface area contributed by atoms with Crippen molar-refractivity contribution in [3.63, 3.8) is 0 Å². The molecule has 4 aromatic carbocycles. The van der Waals surface area contributed by atoms with Gasteiger partial charge in [0.25, 0.3) is 0 Å². The molecular weight excluding hydrogens is 562 g/mol. The molecule has 0 aromatic heterocycles. The zero-order chi connectivity index (χ0) is 29.1. The number of nitrogens with one attached hydrogen (secondary N) is 2. The first-order valence-electron chi connectivity index (χ1n) is 12.9. The lowest BCUT2D eigenvalue weighted by Gasteiger charge is -2.38. The Hall–Kier alpha value is -4.38. The summed E-state index contributed by atoms with van der Waals surface area (Å²) in [6.45, 7) is 0.254. The van der Waals surface area contributed by atoms with Gasteiger partial charge in [0.1, 0.15) is 11.2 Å². The Balaban J connectivity index is 1.56. The third-order valence-electron chi connectivity index (χ3n) is 7.43. The molecule has 0 radical (unpaired) electrons. The number of nitriles is 1. The highest BCUT2D eigenvalue weighted by Crippen LogP contribution is 2.53. The number of nitrogens with zero attached hydrogens (tertiary/aromatic N) is 2. The number of carbonyl (C=O) groups excluding carboxylic acids is 2. The maximum atomic E-state index is 14.7. The van der Waals surface area contributed by atoms with Crippen LogP contribution in [0.3, 0.4) is 0 Å². The molecule has 3 amide bonds. The van der Waals surface area contributed by atoms with Crippen molar-refractivity contribution in [3.8, 4) is 6.07 Å². The highest BCUT2D eigenvalue weighted by Gasteiger charge is 2.54. The Kier molecular flexibility index (Phi) is 7.98. The van der Waals surface area contributed by atoms with E-state index in [1.54, 1.807) is 73.8 Å². The van der Waals surface area contributed by atoms with Crippen molar-refractivity contribution in [2.24, 2.45) is 0 Å². The van der Waals surface area contributed by atoms with E-state index in [0.717, 1.165) is 5.56 Å². The van der Waals surface area contributed by atoms with Gasteiger partial charge in [-0.15, -0.1) is 0 Å². The molecule has 6 nitrogen and oxygen atoms in total. The topological polar surface area (TPSA) is 85.2 Å². The van der Waals surface area contributed by atoms with Gasteiger partial charge in [-0.3, -0.25) is 4.79 Å². The average Bonchev–Trinajstić information content (AvgIpc) is 3.25. The predicted molar refractivity (Wildman–Crippen MR) is 159 cm³/mol. The monoisotopic (exact) mass is 586 g/mol. The number of anilines is 2. The van der Waals surface area contributed by atoms with Crippen LogP contribution in [0.1, 0.15) is 34.6 Å². The molecule has 0 saturated carbocycles. The molecule has 1 heterocycles. The second-order valence-electron chi connectivity index (χ2n) is 9.90.